The van der Waals surface area contributed by atoms with E-state index in [-0.39, 0.29) is 33.1 Å². The highest BCUT2D eigenvalue weighted by Gasteiger charge is 2.18. The fourth-order valence-corrected chi connectivity index (χ4v) is 4.82. The van der Waals surface area contributed by atoms with Gasteiger partial charge < -0.3 is 17.7 Å². The second-order valence-electron chi connectivity index (χ2n) is 15.6. The van der Waals surface area contributed by atoms with Crippen LogP contribution < -0.4 is 0 Å². The number of benzene rings is 1. The predicted molar refractivity (Wildman–Crippen MR) is 235 cm³/mol. The molecule has 11 heteroatoms. The lowest BCUT2D eigenvalue weighted by molar-refractivity contribution is 0.392. The molecule has 0 amide bonds. The first kappa shape index (κ1) is 53.7. The van der Waals surface area contributed by atoms with Gasteiger partial charge in [0.1, 0.15) is 17.3 Å². The average Bonchev–Trinajstić information content (AvgIpc) is 3.92. The van der Waals surface area contributed by atoms with E-state index in [1.165, 1.54) is 4.88 Å². The third-order valence-corrected chi connectivity index (χ3v) is 8.65. The predicted octanol–water partition coefficient (Wildman–Crippen LogP) is 14.3. The van der Waals surface area contributed by atoms with Gasteiger partial charge in [-0.05, 0) is 24.5 Å². The Labute approximate surface area is 343 Å². The summed E-state index contributed by atoms with van der Waals surface area (Å²) in [6.07, 6.45) is 8.25. The molecule has 56 heavy (non-hydrogen) atoms. The van der Waals surface area contributed by atoms with E-state index in [1.807, 2.05) is 77.3 Å². The van der Waals surface area contributed by atoms with Gasteiger partial charge in [-0.1, -0.05) is 130 Å². The molecule has 6 rings (SSSR count). The molecule has 5 aromatic heterocycles. The van der Waals surface area contributed by atoms with Crippen molar-refractivity contribution < 1.29 is 17.7 Å². The van der Waals surface area contributed by atoms with Crippen LogP contribution in [0, 0.1) is 20.8 Å². The highest BCUT2D eigenvalue weighted by atomic mass is 32.1. The first-order chi connectivity index (χ1) is 24.7. The number of rotatable bonds is 5. The van der Waals surface area contributed by atoms with E-state index < -0.39 is 0 Å². The number of nitrogens with zero attached hydrogens (tertiary/aromatic N) is 6. The number of aromatic nitrogens is 6. The topological polar surface area (TPSA) is 130 Å². The highest BCUT2D eigenvalue weighted by Crippen LogP contribution is 2.27. The summed E-state index contributed by atoms with van der Waals surface area (Å²) >= 11 is 1.78. The molecule has 0 radical (unpaired) electrons. The van der Waals surface area contributed by atoms with Crippen LogP contribution in [0.15, 0.2) is 72.8 Å². The maximum atomic E-state index is 5.62. The molecule has 6 aromatic rings. The van der Waals surface area contributed by atoms with E-state index >= 15 is 0 Å². The van der Waals surface area contributed by atoms with Gasteiger partial charge >= 0.3 is 0 Å². The Morgan fingerprint density at radius 3 is 1.46 bits per heavy atom. The van der Waals surface area contributed by atoms with E-state index in [1.54, 1.807) is 30.7 Å². The zero-order chi connectivity index (χ0) is 39.9. The van der Waals surface area contributed by atoms with Crippen molar-refractivity contribution in [2.75, 3.05) is 0 Å². The summed E-state index contributed by atoms with van der Waals surface area (Å²) in [6, 6.07) is 9.94. The first-order valence-corrected chi connectivity index (χ1v) is 19.1. The van der Waals surface area contributed by atoms with Gasteiger partial charge in [0.2, 0.25) is 17.7 Å². The maximum absolute atomic E-state index is 5.62. The second kappa shape index (κ2) is 25.0. The molecule has 0 saturated carbocycles. The Morgan fingerprint density at radius 2 is 1.16 bits per heavy atom. The Hall–Kier alpha value is -4.38. The second-order valence-corrected chi connectivity index (χ2v) is 16.8. The molecule has 0 aliphatic rings. The highest BCUT2D eigenvalue weighted by molar-refractivity contribution is 7.11. The van der Waals surface area contributed by atoms with Crippen molar-refractivity contribution in [2.45, 2.75) is 168 Å². The smallest absolute Gasteiger partial charge is 0.226 e. The normalized spacial score (nSPS) is 10.6. The Balaban J connectivity index is 0. The quantitative estimate of drug-likeness (QED) is 0.166. The van der Waals surface area contributed by atoms with Crippen LogP contribution in [-0.4, -0.2) is 30.1 Å². The van der Waals surface area contributed by atoms with E-state index in [0.29, 0.717) is 35.4 Å². The van der Waals surface area contributed by atoms with Crippen LogP contribution in [0.4, 0.5) is 0 Å². The molecular weight excluding hydrogens is 721 g/mol. The Bertz CT molecular complexity index is 1810. The number of thiazole rings is 1. The van der Waals surface area contributed by atoms with Crippen LogP contribution in [0.1, 0.15) is 181 Å². The minimum absolute atomic E-state index is 0. The number of hydrogen-bond acceptors (Lipinski definition) is 11. The van der Waals surface area contributed by atoms with Gasteiger partial charge in [-0.15, -0.1) is 21.5 Å². The van der Waals surface area contributed by atoms with Gasteiger partial charge in [0.25, 0.3) is 0 Å². The molecular formula is C45H74N6O4S. The minimum Gasteiger partial charge on any atom is -0.445 e. The molecule has 0 fully saturated rings. The number of oxazole rings is 3. The Kier molecular flexibility index (Phi) is 24.0. The van der Waals surface area contributed by atoms with Crippen LogP contribution in [0.2, 0.25) is 0 Å². The van der Waals surface area contributed by atoms with E-state index in [2.05, 4.69) is 99.4 Å². The van der Waals surface area contributed by atoms with E-state index in [9.17, 15) is 0 Å². The maximum Gasteiger partial charge on any atom is 0.226 e. The summed E-state index contributed by atoms with van der Waals surface area (Å²) < 4.78 is 21.5. The van der Waals surface area contributed by atoms with Crippen molar-refractivity contribution >= 4 is 11.3 Å². The van der Waals surface area contributed by atoms with Crippen molar-refractivity contribution in [2.24, 2.45) is 0 Å². The van der Waals surface area contributed by atoms with Crippen LogP contribution in [0.3, 0.4) is 0 Å². The van der Waals surface area contributed by atoms with Crippen LogP contribution in [-0.2, 0) is 17.3 Å². The molecule has 0 aliphatic heterocycles. The zero-order valence-corrected chi connectivity index (χ0v) is 35.7. The largest absolute Gasteiger partial charge is 0.445 e. The van der Waals surface area contributed by atoms with Gasteiger partial charge in [0.15, 0.2) is 11.8 Å². The third-order valence-electron chi connectivity index (χ3n) is 7.31. The number of hydrogen-bond donors (Lipinski definition) is 0. The zero-order valence-electron chi connectivity index (χ0n) is 34.9. The lowest BCUT2D eigenvalue weighted by Crippen LogP contribution is -2.09. The van der Waals surface area contributed by atoms with E-state index in [4.69, 9.17) is 17.7 Å². The van der Waals surface area contributed by atoms with Crippen molar-refractivity contribution in [3.8, 4) is 11.5 Å². The van der Waals surface area contributed by atoms with Gasteiger partial charge in [-0.2, -0.15) is 0 Å². The van der Waals surface area contributed by atoms with Gasteiger partial charge in [0, 0.05) is 60.1 Å². The Morgan fingerprint density at radius 1 is 0.589 bits per heavy atom. The molecule has 0 saturated heterocycles. The summed E-state index contributed by atoms with van der Waals surface area (Å²) in [7, 11) is 0. The molecule has 0 spiro atoms. The summed E-state index contributed by atoms with van der Waals surface area (Å²) in [6.45, 7) is 33.1. The van der Waals surface area contributed by atoms with Crippen molar-refractivity contribution in [1.29, 1.82) is 0 Å². The lowest BCUT2D eigenvalue weighted by Gasteiger charge is -2.14. The average molecular weight is 795 g/mol. The molecule has 1 aromatic carbocycles. The lowest BCUT2D eigenvalue weighted by atomic mass is 9.94. The fourth-order valence-electron chi connectivity index (χ4n) is 3.98. The molecule has 0 atom stereocenters. The standard InChI is InChI=1S/C12H13NO.2C8H13NO.C8H13NS.C6H10N2O.3CH4/c1-9(2)11-8-13-12(14-11)10-6-4-3-5-7-10;1-6-9-5-7(10-6)8(2,3)4;1-4-8-9-5-7(10-8)6(2)3;1-6-9-5-7(10-6)8(2,3)4;1-4(2)6-8-7-5(3)9-6;;;/h3-9H,1-2H3;5H,1-4H3;5-6H,4H2,1-3H3;5H,1-4H3;4H,1-3H3;3*1H4. The fraction of sp³-hybridized carbons (Fsp3) is 0.556. The first-order valence-electron chi connectivity index (χ1n) is 18.3. The molecule has 0 N–H and O–H groups in total. The molecule has 314 valence electrons. The van der Waals surface area contributed by atoms with Crippen molar-refractivity contribution in [1.82, 2.24) is 30.1 Å². The van der Waals surface area contributed by atoms with Crippen molar-refractivity contribution in [3.63, 3.8) is 0 Å². The molecule has 0 bridgehead atoms. The van der Waals surface area contributed by atoms with E-state index in [0.717, 1.165) is 46.1 Å². The van der Waals surface area contributed by atoms with Crippen LogP contribution in [0.5, 0.6) is 0 Å². The third kappa shape index (κ3) is 19.0. The summed E-state index contributed by atoms with van der Waals surface area (Å²) in [5.41, 5.74) is 1.38. The molecule has 10 nitrogen and oxygen atoms in total. The summed E-state index contributed by atoms with van der Waals surface area (Å²) in [4.78, 5) is 17.9. The van der Waals surface area contributed by atoms with Crippen LogP contribution in [0.25, 0.3) is 11.5 Å². The SMILES string of the molecule is C.C.C.CC(C)c1cnc(-c2ccccc2)o1.CCc1ncc(C(C)C)o1.Cc1ncc(C(C)(C)C)o1.Cc1ncc(C(C)(C)C)s1.Cc1nnc(C(C)C)o1. The van der Waals surface area contributed by atoms with Crippen LogP contribution >= 0.6 is 11.3 Å². The summed E-state index contributed by atoms with van der Waals surface area (Å²) in [5, 5.41) is 8.68. The van der Waals surface area contributed by atoms with Crippen molar-refractivity contribution in [3.05, 3.63) is 106 Å². The van der Waals surface area contributed by atoms with Gasteiger partial charge in [0.05, 0.1) is 23.6 Å². The number of aryl methyl sites for hydroxylation is 4. The minimum atomic E-state index is 0. The van der Waals surface area contributed by atoms with Gasteiger partial charge in [-0.3, -0.25) is 0 Å². The summed E-state index contributed by atoms with van der Waals surface area (Å²) in [5.74, 6) is 7.68. The monoisotopic (exact) mass is 795 g/mol. The molecule has 0 unspecified atom stereocenters. The molecule has 0 aliphatic carbocycles. The van der Waals surface area contributed by atoms with Gasteiger partial charge in [-0.25, -0.2) is 19.9 Å². The molecule has 5 heterocycles.